The molecule has 0 spiro atoms. The zero-order valence-corrected chi connectivity index (χ0v) is 28.6. The first-order chi connectivity index (χ1) is 20.5. The van der Waals surface area contributed by atoms with Gasteiger partial charge in [0.2, 0.25) is 6.71 Å². The standard InChI is InChI=1S/C39H35BS2Si/c1-38(2)25-14-10-8-12-23(25)33-27(38)16-18-29-36(33)41-31-20-22(43(5,6)7)21-32-35(31)40(29)30-19-17-28-34(37(30)42-32)24-13-9-11-15-26(24)39(28,3)4/h8-21H,1-7H3. The van der Waals surface area contributed by atoms with E-state index in [4.69, 9.17) is 0 Å². The van der Waals surface area contributed by atoms with Gasteiger partial charge in [0.05, 0.1) is 8.07 Å². The van der Waals surface area contributed by atoms with Crippen molar-refractivity contribution in [2.45, 2.75) is 77.7 Å². The highest BCUT2D eigenvalue weighted by Crippen LogP contribution is 2.55. The molecule has 0 bridgehead atoms. The molecule has 9 rings (SSSR count). The molecule has 0 fully saturated rings. The quantitative estimate of drug-likeness (QED) is 0.173. The Balaban J connectivity index is 1.38. The van der Waals surface area contributed by atoms with Crippen LogP contribution in [0.5, 0.6) is 0 Å². The van der Waals surface area contributed by atoms with E-state index < -0.39 is 8.07 Å². The molecule has 0 N–H and O–H groups in total. The average molecular weight is 607 g/mol. The summed E-state index contributed by atoms with van der Waals surface area (Å²) in [5.41, 5.74) is 16.2. The van der Waals surface area contributed by atoms with Crippen molar-refractivity contribution < 1.29 is 0 Å². The van der Waals surface area contributed by atoms with E-state index in [0.29, 0.717) is 0 Å². The van der Waals surface area contributed by atoms with Crippen LogP contribution in [0.25, 0.3) is 22.3 Å². The molecule has 0 amide bonds. The predicted molar refractivity (Wildman–Crippen MR) is 190 cm³/mol. The molecule has 5 aromatic rings. The first-order valence-corrected chi connectivity index (χ1v) is 20.7. The van der Waals surface area contributed by atoms with Crippen LogP contribution in [0.15, 0.2) is 105 Å². The van der Waals surface area contributed by atoms with Gasteiger partial charge < -0.3 is 0 Å². The van der Waals surface area contributed by atoms with Gasteiger partial charge in [-0.1, -0.05) is 160 Å². The highest BCUT2D eigenvalue weighted by molar-refractivity contribution is 8.01. The maximum absolute atomic E-state index is 2.58. The van der Waals surface area contributed by atoms with Gasteiger partial charge >= 0.3 is 0 Å². The fourth-order valence-electron chi connectivity index (χ4n) is 8.42. The summed E-state index contributed by atoms with van der Waals surface area (Å²) < 4.78 is 0. The van der Waals surface area contributed by atoms with Crippen LogP contribution in [-0.2, 0) is 10.8 Å². The summed E-state index contributed by atoms with van der Waals surface area (Å²) in [7, 11) is -1.55. The highest BCUT2D eigenvalue weighted by Gasteiger charge is 2.46. The minimum Gasteiger partial charge on any atom is -0.0905 e. The van der Waals surface area contributed by atoms with Crippen molar-refractivity contribution in [2.75, 3.05) is 0 Å². The smallest absolute Gasteiger partial charge is 0.0905 e. The minimum absolute atomic E-state index is 0.00354. The number of hydrogen-bond acceptors (Lipinski definition) is 2. The fourth-order valence-corrected chi connectivity index (χ4v) is 12.6. The Bertz CT molecular complexity index is 1940. The van der Waals surface area contributed by atoms with Crippen LogP contribution in [0.2, 0.25) is 19.6 Å². The van der Waals surface area contributed by atoms with E-state index in [-0.39, 0.29) is 17.5 Å². The van der Waals surface area contributed by atoms with E-state index in [1.54, 1.807) is 5.19 Å². The number of fused-ring (bicyclic) bond motifs is 12. The molecule has 5 aromatic carbocycles. The lowest BCUT2D eigenvalue weighted by Crippen LogP contribution is -2.59. The molecule has 2 heterocycles. The summed E-state index contributed by atoms with van der Waals surface area (Å²) in [6.45, 7) is 17.3. The van der Waals surface area contributed by atoms with Crippen LogP contribution >= 0.6 is 23.5 Å². The Hall–Kier alpha value is -2.92. The van der Waals surface area contributed by atoms with Crippen LogP contribution < -0.4 is 21.6 Å². The zero-order valence-electron chi connectivity index (χ0n) is 26.0. The molecule has 2 aliphatic carbocycles. The third kappa shape index (κ3) is 3.33. The van der Waals surface area contributed by atoms with Gasteiger partial charge in [0.25, 0.3) is 0 Å². The van der Waals surface area contributed by atoms with Gasteiger partial charge in [-0.15, -0.1) is 0 Å². The van der Waals surface area contributed by atoms with Crippen molar-refractivity contribution in [3.8, 4) is 22.3 Å². The van der Waals surface area contributed by atoms with Crippen LogP contribution in [0, 0.1) is 0 Å². The molecule has 4 heteroatoms. The molecule has 0 aromatic heterocycles. The second kappa shape index (κ2) is 8.41. The summed E-state index contributed by atoms with van der Waals surface area (Å²) in [6, 6.07) is 33.3. The first-order valence-electron chi connectivity index (χ1n) is 15.6. The van der Waals surface area contributed by atoms with Crippen molar-refractivity contribution in [3.05, 3.63) is 107 Å². The van der Waals surface area contributed by atoms with Crippen LogP contribution in [0.1, 0.15) is 49.9 Å². The van der Waals surface area contributed by atoms with Gasteiger partial charge in [-0.3, -0.25) is 0 Å². The summed E-state index contributed by atoms with van der Waals surface area (Å²) in [6.07, 6.45) is 0. The average Bonchev–Trinajstić information content (AvgIpc) is 3.36. The van der Waals surface area contributed by atoms with E-state index in [0.717, 1.165) is 0 Å². The summed E-state index contributed by atoms with van der Waals surface area (Å²) in [5, 5.41) is 1.56. The topological polar surface area (TPSA) is 0 Å². The zero-order chi connectivity index (χ0) is 29.6. The Morgan fingerprint density at radius 3 is 1.44 bits per heavy atom. The van der Waals surface area contributed by atoms with Crippen molar-refractivity contribution in [1.82, 2.24) is 0 Å². The summed E-state index contributed by atoms with van der Waals surface area (Å²) >= 11 is 4.09. The number of hydrogen-bond donors (Lipinski definition) is 0. The lowest BCUT2D eigenvalue weighted by atomic mass is 9.36. The SMILES string of the molecule is CC1(C)c2ccccc2-c2c1ccc1c2Sc2cc([Si](C)(C)C)cc3c2B1c1ccc2c(c1S3)-c1ccccc1C2(C)C. The molecule has 43 heavy (non-hydrogen) atoms. The third-order valence-corrected chi connectivity index (χ3v) is 15.2. The molecule has 0 saturated heterocycles. The molecule has 0 radical (unpaired) electrons. The molecule has 0 atom stereocenters. The second-order valence-electron chi connectivity index (χ2n) is 14.9. The molecule has 210 valence electrons. The van der Waals surface area contributed by atoms with Gasteiger partial charge in [-0.25, -0.2) is 0 Å². The van der Waals surface area contributed by atoms with Crippen LogP contribution in [0.4, 0.5) is 0 Å². The predicted octanol–water partition coefficient (Wildman–Crippen LogP) is 8.29. The highest BCUT2D eigenvalue weighted by atomic mass is 32.2. The molecule has 0 unspecified atom stereocenters. The Morgan fingerprint density at radius 2 is 1.00 bits per heavy atom. The first kappa shape index (κ1) is 26.5. The van der Waals surface area contributed by atoms with E-state index in [1.165, 1.54) is 80.5 Å². The largest absolute Gasteiger partial charge is 0.247 e. The van der Waals surface area contributed by atoms with Crippen LogP contribution in [0.3, 0.4) is 0 Å². The van der Waals surface area contributed by atoms with E-state index in [1.807, 2.05) is 23.5 Å². The van der Waals surface area contributed by atoms with Gasteiger partial charge in [-0.05, 0) is 62.1 Å². The summed E-state index contributed by atoms with van der Waals surface area (Å²) in [4.78, 5) is 5.90. The molecule has 0 saturated carbocycles. The van der Waals surface area contributed by atoms with Crippen molar-refractivity contribution in [3.63, 3.8) is 0 Å². The maximum atomic E-state index is 2.58. The van der Waals surface area contributed by atoms with Crippen molar-refractivity contribution in [1.29, 1.82) is 0 Å². The molecule has 2 aliphatic heterocycles. The molecular formula is C39H35BS2Si. The van der Waals surface area contributed by atoms with E-state index in [9.17, 15) is 0 Å². The van der Waals surface area contributed by atoms with Crippen LogP contribution in [-0.4, -0.2) is 14.8 Å². The van der Waals surface area contributed by atoms with Gasteiger partial charge in [0.1, 0.15) is 0 Å². The monoisotopic (exact) mass is 606 g/mol. The van der Waals surface area contributed by atoms with Crippen molar-refractivity contribution >= 4 is 59.9 Å². The summed E-state index contributed by atoms with van der Waals surface area (Å²) in [5.74, 6) is 0. The molecule has 4 aliphatic rings. The van der Waals surface area contributed by atoms with Crippen molar-refractivity contribution in [2.24, 2.45) is 0 Å². The van der Waals surface area contributed by atoms with Gasteiger partial charge in [-0.2, -0.15) is 0 Å². The lowest BCUT2D eigenvalue weighted by molar-refractivity contribution is 0.660. The third-order valence-electron chi connectivity index (χ3n) is 10.8. The van der Waals surface area contributed by atoms with Gasteiger partial charge in [0, 0.05) is 30.4 Å². The second-order valence-corrected chi connectivity index (χ2v) is 22.1. The Morgan fingerprint density at radius 1 is 0.558 bits per heavy atom. The minimum atomic E-state index is -1.55. The van der Waals surface area contributed by atoms with E-state index in [2.05, 4.69) is 132 Å². The Labute approximate surface area is 265 Å². The lowest BCUT2D eigenvalue weighted by Gasteiger charge is -2.36. The fraction of sp³-hybridized carbons (Fsp3) is 0.231. The molecule has 0 nitrogen and oxygen atoms in total. The maximum Gasteiger partial charge on any atom is 0.247 e. The molecular weight excluding hydrogens is 571 g/mol. The Kier molecular flexibility index (Phi) is 5.18. The number of rotatable bonds is 1. The number of benzene rings is 5. The van der Waals surface area contributed by atoms with Gasteiger partial charge in [0.15, 0.2) is 0 Å². The normalized spacial score (nSPS) is 17.3. The van der Waals surface area contributed by atoms with E-state index >= 15 is 0 Å².